The number of amides is 2. The highest BCUT2D eigenvalue weighted by atomic mass is 35.5. The maximum absolute atomic E-state index is 11.9. The molecule has 0 aliphatic rings. The lowest BCUT2D eigenvalue weighted by Gasteiger charge is -2.07. The van der Waals surface area contributed by atoms with Gasteiger partial charge < -0.3 is 19.8 Å². The van der Waals surface area contributed by atoms with Gasteiger partial charge in [-0.2, -0.15) is 0 Å². The Labute approximate surface area is 163 Å². The Morgan fingerprint density at radius 3 is 2.44 bits per heavy atom. The van der Waals surface area contributed by atoms with Crippen molar-refractivity contribution < 1.29 is 28.3 Å². The van der Waals surface area contributed by atoms with Crippen LogP contribution in [0.1, 0.15) is 20.9 Å². The molecule has 2 amide bonds. The molecule has 27 heavy (non-hydrogen) atoms. The van der Waals surface area contributed by atoms with Crippen molar-refractivity contribution in [1.29, 1.82) is 0 Å². The lowest BCUT2D eigenvalue weighted by molar-refractivity contribution is -0.142. The topological polar surface area (TPSA) is 115 Å². The van der Waals surface area contributed by atoms with Crippen molar-refractivity contribution >= 4 is 46.8 Å². The zero-order valence-electron chi connectivity index (χ0n) is 13.8. The second-order valence-corrected chi connectivity index (χ2v) is 5.96. The third-order valence-corrected chi connectivity index (χ3v) is 3.93. The van der Waals surface area contributed by atoms with Gasteiger partial charge in [0.25, 0.3) is 5.91 Å². The molecule has 8 nitrogen and oxygen atoms in total. The molecule has 0 unspecified atom stereocenters. The van der Waals surface area contributed by atoms with Crippen LogP contribution >= 0.6 is 23.2 Å². The predicted molar refractivity (Wildman–Crippen MR) is 95.8 cm³/mol. The van der Waals surface area contributed by atoms with E-state index >= 15 is 0 Å². The third kappa shape index (κ3) is 6.43. The molecule has 0 bridgehead atoms. The zero-order chi connectivity index (χ0) is 19.8. The molecule has 0 spiro atoms. The Kier molecular flexibility index (Phi) is 7.39. The Morgan fingerprint density at radius 1 is 1.00 bits per heavy atom. The molecular weight excluding hydrogens is 399 g/mol. The summed E-state index contributed by atoms with van der Waals surface area (Å²) < 4.78 is 9.65. The van der Waals surface area contributed by atoms with Gasteiger partial charge in [-0.1, -0.05) is 23.2 Å². The number of carbonyl (C=O) groups is 4. The van der Waals surface area contributed by atoms with Gasteiger partial charge in [0.1, 0.15) is 6.54 Å². The van der Waals surface area contributed by atoms with E-state index in [0.717, 1.165) is 0 Å². The Hall–Kier alpha value is -2.84. The van der Waals surface area contributed by atoms with Crippen molar-refractivity contribution in [1.82, 2.24) is 10.6 Å². The number of Topliss-reactive ketones (excluding diaryl/α,β-unsaturated/α-hetero) is 1. The number of halogens is 2. The van der Waals surface area contributed by atoms with Crippen molar-refractivity contribution in [2.24, 2.45) is 0 Å². The van der Waals surface area contributed by atoms with Gasteiger partial charge in [-0.15, -0.1) is 0 Å². The van der Waals surface area contributed by atoms with E-state index in [-0.39, 0.29) is 22.9 Å². The first-order chi connectivity index (χ1) is 12.9. The van der Waals surface area contributed by atoms with Crippen LogP contribution in [0.5, 0.6) is 0 Å². The first kappa shape index (κ1) is 20.5. The van der Waals surface area contributed by atoms with Gasteiger partial charge in [0.15, 0.2) is 18.2 Å². The maximum atomic E-state index is 11.9. The van der Waals surface area contributed by atoms with Gasteiger partial charge in [0, 0.05) is 5.56 Å². The number of nitrogens with one attached hydrogen (secondary N) is 2. The molecule has 0 radical (unpaired) electrons. The molecule has 2 N–H and O–H groups in total. The highest BCUT2D eigenvalue weighted by Gasteiger charge is 2.14. The van der Waals surface area contributed by atoms with Gasteiger partial charge in [-0.05, 0) is 30.3 Å². The van der Waals surface area contributed by atoms with Crippen LogP contribution in [0.4, 0.5) is 0 Å². The number of ether oxygens (including phenoxy) is 1. The lowest BCUT2D eigenvalue weighted by atomic mass is 10.1. The molecule has 0 saturated heterocycles. The number of esters is 1. The predicted octanol–water partition coefficient (Wildman–Crippen LogP) is 1.86. The summed E-state index contributed by atoms with van der Waals surface area (Å²) in [7, 11) is 0. The van der Waals surface area contributed by atoms with Crippen molar-refractivity contribution in [3.8, 4) is 0 Å². The summed E-state index contributed by atoms with van der Waals surface area (Å²) in [4.78, 5) is 46.7. The molecule has 0 fully saturated rings. The quantitative estimate of drug-likeness (QED) is 0.504. The van der Waals surface area contributed by atoms with Crippen molar-refractivity contribution in [2.75, 3.05) is 19.7 Å². The summed E-state index contributed by atoms with van der Waals surface area (Å²) >= 11 is 11.6. The van der Waals surface area contributed by atoms with Crippen LogP contribution in [-0.4, -0.2) is 43.3 Å². The van der Waals surface area contributed by atoms with E-state index in [1.54, 1.807) is 0 Å². The van der Waals surface area contributed by atoms with Crippen LogP contribution in [0.25, 0.3) is 0 Å². The molecule has 2 rings (SSSR count). The number of rotatable bonds is 8. The molecule has 2 aromatic rings. The number of hydrogen-bond donors (Lipinski definition) is 2. The van der Waals surface area contributed by atoms with Crippen molar-refractivity contribution in [3.63, 3.8) is 0 Å². The number of ketones is 1. The minimum Gasteiger partial charge on any atom is -0.459 e. The molecule has 1 heterocycles. The van der Waals surface area contributed by atoms with E-state index in [1.807, 2.05) is 0 Å². The van der Waals surface area contributed by atoms with E-state index in [1.165, 1.54) is 36.6 Å². The fraction of sp³-hybridized carbons (Fsp3) is 0.176. The van der Waals surface area contributed by atoms with Crippen LogP contribution < -0.4 is 10.6 Å². The van der Waals surface area contributed by atoms with E-state index in [9.17, 15) is 19.2 Å². The third-order valence-electron chi connectivity index (χ3n) is 3.19. The summed E-state index contributed by atoms with van der Waals surface area (Å²) in [6.07, 6.45) is 1.32. The van der Waals surface area contributed by atoms with E-state index in [4.69, 9.17) is 32.4 Å². The largest absolute Gasteiger partial charge is 0.459 e. The van der Waals surface area contributed by atoms with Crippen molar-refractivity contribution in [3.05, 3.63) is 58.0 Å². The highest BCUT2D eigenvalue weighted by Crippen LogP contribution is 2.22. The van der Waals surface area contributed by atoms with Gasteiger partial charge in [-0.25, -0.2) is 0 Å². The number of furan rings is 1. The molecule has 10 heteroatoms. The summed E-state index contributed by atoms with van der Waals surface area (Å²) in [6.45, 7) is -1.32. The first-order valence-corrected chi connectivity index (χ1v) is 8.34. The normalized spacial score (nSPS) is 10.1. The summed E-state index contributed by atoms with van der Waals surface area (Å²) in [5.41, 5.74) is 0.238. The second kappa shape index (κ2) is 9.75. The fourth-order valence-corrected chi connectivity index (χ4v) is 2.14. The SMILES string of the molecule is O=C(CNC(=O)c1ccco1)NCC(=O)OCC(=O)c1ccc(Cl)c(Cl)c1. The van der Waals surface area contributed by atoms with Gasteiger partial charge in [0.2, 0.25) is 5.91 Å². The Bertz CT molecular complexity index is 851. The van der Waals surface area contributed by atoms with Gasteiger partial charge in [-0.3, -0.25) is 19.2 Å². The molecule has 0 aliphatic heterocycles. The van der Waals surface area contributed by atoms with Gasteiger partial charge >= 0.3 is 5.97 Å². The van der Waals surface area contributed by atoms with Gasteiger partial charge in [0.05, 0.1) is 22.9 Å². The van der Waals surface area contributed by atoms with Crippen LogP contribution in [-0.2, 0) is 14.3 Å². The van der Waals surface area contributed by atoms with Crippen LogP contribution in [0.2, 0.25) is 10.0 Å². The monoisotopic (exact) mass is 412 g/mol. The Balaban J connectivity index is 1.67. The molecule has 0 atom stereocenters. The van der Waals surface area contributed by atoms with Crippen LogP contribution in [0.15, 0.2) is 41.0 Å². The minimum absolute atomic E-state index is 0.0584. The van der Waals surface area contributed by atoms with E-state index < -0.39 is 36.7 Å². The molecular formula is C17H14Cl2N2O6. The molecule has 142 valence electrons. The fourth-order valence-electron chi connectivity index (χ4n) is 1.84. The number of carbonyl (C=O) groups excluding carboxylic acids is 4. The average molecular weight is 413 g/mol. The van der Waals surface area contributed by atoms with Crippen LogP contribution in [0.3, 0.4) is 0 Å². The first-order valence-electron chi connectivity index (χ1n) is 7.59. The minimum atomic E-state index is -0.811. The maximum Gasteiger partial charge on any atom is 0.325 e. The molecule has 0 aliphatic carbocycles. The van der Waals surface area contributed by atoms with E-state index in [2.05, 4.69) is 10.6 Å². The molecule has 0 saturated carbocycles. The number of hydrogen-bond acceptors (Lipinski definition) is 6. The van der Waals surface area contributed by atoms with Crippen molar-refractivity contribution in [2.45, 2.75) is 0 Å². The summed E-state index contributed by atoms with van der Waals surface area (Å²) in [5, 5.41) is 5.07. The summed E-state index contributed by atoms with van der Waals surface area (Å²) in [6, 6.07) is 7.24. The number of benzene rings is 1. The average Bonchev–Trinajstić information content (AvgIpc) is 3.19. The standard InChI is InChI=1S/C17H14Cl2N2O6/c18-11-4-3-10(6-12(11)19)13(22)9-27-16(24)8-20-15(23)7-21-17(25)14-2-1-5-26-14/h1-6H,7-9H2,(H,20,23)(H,21,25). The lowest BCUT2D eigenvalue weighted by Crippen LogP contribution is -2.39. The molecule has 1 aromatic heterocycles. The smallest absolute Gasteiger partial charge is 0.325 e. The molecule has 1 aromatic carbocycles. The zero-order valence-corrected chi connectivity index (χ0v) is 15.3. The summed E-state index contributed by atoms with van der Waals surface area (Å²) in [5.74, 6) is -2.40. The van der Waals surface area contributed by atoms with Crippen LogP contribution in [0, 0.1) is 0 Å². The second-order valence-electron chi connectivity index (χ2n) is 5.15. The van der Waals surface area contributed by atoms with E-state index in [0.29, 0.717) is 5.02 Å². The Morgan fingerprint density at radius 2 is 1.78 bits per heavy atom. The highest BCUT2D eigenvalue weighted by molar-refractivity contribution is 6.42.